The lowest BCUT2D eigenvalue weighted by molar-refractivity contribution is 0.185. The molecule has 0 aliphatic heterocycles. The predicted octanol–water partition coefficient (Wildman–Crippen LogP) is 3.38. The van der Waals surface area contributed by atoms with Gasteiger partial charge in [-0.2, -0.15) is 0 Å². The Labute approximate surface area is 144 Å². The highest BCUT2D eigenvalue weighted by atomic mass is 32.2. The average molecular weight is 347 g/mol. The Balaban J connectivity index is 2.06. The molecule has 0 amide bonds. The minimum absolute atomic E-state index is 0.260. The van der Waals surface area contributed by atoms with Crippen LogP contribution in [0.2, 0.25) is 0 Å². The first-order valence-corrected chi connectivity index (χ1v) is 9.87. The predicted molar refractivity (Wildman–Crippen MR) is 98.3 cm³/mol. The fourth-order valence-electron chi connectivity index (χ4n) is 2.52. The quantitative estimate of drug-likeness (QED) is 0.870. The van der Waals surface area contributed by atoms with Crippen LogP contribution >= 0.6 is 0 Å². The van der Waals surface area contributed by atoms with E-state index in [1.165, 1.54) is 24.0 Å². The molecular formula is C19H25NO3S. The zero-order valence-electron chi connectivity index (χ0n) is 14.6. The lowest BCUT2D eigenvalue weighted by Gasteiger charge is -2.23. The summed E-state index contributed by atoms with van der Waals surface area (Å²) in [5.74, 6) is 0.489. The summed E-state index contributed by atoms with van der Waals surface area (Å²) in [6.07, 6.45) is 0.487. The zero-order chi connectivity index (χ0) is 17.9. The smallest absolute Gasteiger partial charge is 0.175 e. The third-order valence-electron chi connectivity index (χ3n) is 4.14. The van der Waals surface area contributed by atoms with E-state index in [0.29, 0.717) is 18.0 Å². The Morgan fingerprint density at radius 1 is 0.958 bits per heavy atom. The maximum atomic E-state index is 11.5. The standard InChI is InChI=1S/C19H25NO3S/c1-14(2)15-5-9-17(10-6-15)20(3)13-19(21)16-7-11-18(12-8-16)24(4,22)23/h5-12,14,19,21H,13H2,1-4H3. The van der Waals surface area contributed by atoms with Crippen LogP contribution < -0.4 is 4.90 Å². The summed E-state index contributed by atoms with van der Waals surface area (Å²) in [6, 6.07) is 14.7. The second kappa shape index (κ2) is 7.36. The second-order valence-corrected chi connectivity index (χ2v) is 8.50. The van der Waals surface area contributed by atoms with Gasteiger partial charge in [-0.05, 0) is 41.3 Å². The van der Waals surface area contributed by atoms with E-state index in [2.05, 4.69) is 38.1 Å². The van der Waals surface area contributed by atoms with Crippen molar-refractivity contribution >= 4 is 15.5 Å². The number of aliphatic hydroxyl groups excluding tert-OH is 1. The fourth-order valence-corrected chi connectivity index (χ4v) is 3.15. The van der Waals surface area contributed by atoms with Crippen LogP contribution in [0.25, 0.3) is 0 Å². The van der Waals surface area contributed by atoms with Gasteiger partial charge >= 0.3 is 0 Å². The summed E-state index contributed by atoms with van der Waals surface area (Å²) >= 11 is 0. The highest BCUT2D eigenvalue weighted by Crippen LogP contribution is 2.22. The van der Waals surface area contributed by atoms with E-state index >= 15 is 0 Å². The summed E-state index contributed by atoms with van der Waals surface area (Å²) in [4.78, 5) is 2.25. The number of nitrogens with zero attached hydrogens (tertiary/aromatic N) is 1. The summed E-state index contributed by atoms with van der Waals surface area (Å²) in [5, 5.41) is 10.4. The van der Waals surface area contributed by atoms with E-state index < -0.39 is 15.9 Å². The number of rotatable bonds is 6. The summed E-state index contributed by atoms with van der Waals surface area (Å²) in [5.41, 5.74) is 3.02. The molecule has 0 spiro atoms. The van der Waals surface area contributed by atoms with Crippen LogP contribution in [0.4, 0.5) is 5.69 Å². The van der Waals surface area contributed by atoms with Crippen LogP contribution in [0.5, 0.6) is 0 Å². The molecule has 2 aromatic carbocycles. The van der Waals surface area contributed by atoms with Crippen molar-refractivity contribution in [3.63, 3.8) is 0 Å². The third kappa shape index (κ3) is 4.58. The minimum atomic E-state index is -3.21. The van der Waals surface area contributed by atoms with Crippen LogP contribution in [0, 0.1) is 0 Å². The molecule has 0 radical (unpaired) electrons. The highest BCUT2D eigenvalue weighted by molar-refractivity contribution is 7.90. The van der Waals surface area contributed by atoms with Crippen molar-refractivity contribution in [1.82, 2.24) is 0 Å². The van der Waals surface area contributed by atoms with Crippen LogP contribution in [0.3, 0.4) is 0 Å². The molecule has 0 bridgehead atoms. The van der Waals surface area contributed by atoms with Crippen LogP contribution in [0.15, 0.2) is 53.4 Å². The molecular weight excluding hydrogens is 322 g/mol. The number of anilines is 1. The molecule has 0 saturated heterocycles. The number of benzene rings is 2. The van der Waals surface area contributed by atoms with Crippen molar-refractivity contribution in [3.05, 3.63) is 59.7 Å². The van der Waals surface area contributed by atoms with Gasteiger partial charge in [0, 0.05) is 25.5 Å². The molecule has 0 heterocycles. The molecule has 130 valence electrons. The number of likely N-dealkylation sites (N-methyl/N-ethyl adjacent to an activating group) is 1. The van der Waals surface area contributed by atoms with Gasteiger partial charge in [-0.1, -0.05) is 38.1 Å². The molecule has 2 rings (SSSR count). The van der Waals surface area contributed by atoms with Crippen molar-refractivity contribution < 1.29 is 13.5 Å². The van der Waals surface area contributed by atoms with Gasteiger partial charge in [-0.3, -0.25) is 0 Å². The van der Waals surface area contributed by atoms with Gasteiger partial charge < -0.3 is 10.0 Å². The van der Waals surface area contributed by atoms with Gasteiger partial charge in [0.2, 0.25) is 0 Å². The molecule has 0 aromatic heterocycles. The molecule has 0 aliphatic carbocycles. The van der Waals surface area contributed by atoms with Gasteiger partial charge in [0.25, 0.3) is 0 Å². The number of sulfone groups is 1. The van der Waals surface area contributed by atoms with Crippen molar-refractivity contribution in [2.75, 3.05) is 24.7 Å². The fraction of sp³-hybridized carbons (Fsp3) is 0.368. The molecule has 1 unspecified atom stereocenters. The van der Waals surface area contributed by atoms with Crippen molar-refractivity contribution in [1.29, 1.82) is 0 Å². The summed E-state index contributed by atoms with van der Waals surface area (Å²) < 4.78 is 23.0. The monoisotopic (exact) mass is 347 g/mol. The Kier molecular flexibility index (Phi) is 5.67. The van der Waals surface area contributed by atoms with Crippen molar-refractivity contribution in [3.8, 4) is 0 Å². The Morgan fingerprint density at radius 3 is 1.92 bits per heavy atom. The summed E-state index contributed by atoms with van der Waals surface area (Å²) in [7, 11) is -1.29. The van der Waals surface area contributed by atoms with Gasteiger partial charge in [-0.15, -0.1) is 0 Å². The number of aliphatic hydroxyl groups is 1. The normalized spacial score (nSPS) is 13.1. The topological polar surface area (TPSA) is 57.6 Å². The highest BCUT2D eigenvalue weighted by Gasteiger charge is 2.13. The minimum Gasteiger partial charge on any atom is -0.387 e. The van der Waals surface area contributed by atoms with Gasteiger partial charge in [-0.25, -0.2) is 8.42 Å². The maximum Gasteiger partial charge on any atom is 0.175 e. The Morgan fingerprint density at radius 2 is 1.46 bits per heavy atom. The van der Waals surface area contributed by atoms with Crippen LogP contribution in [0.1, 0.15) is 37.0 Å². The molecule has 0 saturated carbocycles. The molecule has 4 nitrogen and oxygen atoms in total. The molecule has 1 atom stereocenters. The number of hydrogen-bond acceptors (Lipinski definition) is 4. The summed E-state index contributed by atoms with van der Waals surface area (Å²) in [6.45, 7) is 4.74. The van der Waals surface area contributed by atoms with Crippen LogP contribution in [-0.2, 0) is 9.84 Å². The maximum absolute atomic E-state index is 11.5. The van der Waals surface area contributed by atoms with E-state index in [-0.39, 0.29) is 4.90 Å². The molecule has 24 heavy (non-hydrogen) atoms. The lowest BCUT2D eigenvalue weighted by atomic mass is 10.0. The van der Waals surface area contributed by atoms with Crippen molar-refractivity contribution in [2.45, 2.75) is 30.8 Å². The van der Waals surface area contributed by atoms with E-state index in [1.807, 2.05) is 11.9 Å². The SMILES string of the molecule is CC(C)c1ccc(N(C)CC(O)c2ccc(S(C)(=O)=O)cc2)cc1. The van der Waals surface area contributed by atoms with Gasteiger partial charge in [0.15, 0.2) is 9.84 Å². The van der Waals surface area contributed by atoms with Crippen molar-refractivity contribution in [2.24, 2.45) is 0 Å². The van der Waals surface area contributed by atoms with Gasteiger partial charge in [0.05, 0.1) is 11.0 Å². The molecule has 2 aromatic rings. The first kappa shape index (κ1) is 18.5. The molecule has 0 fully saturated rings. The first-order valence-electron chi connectivity index (χ1n) is 7.97. The Hall–Kier alpha value is -1.85. The van der Waals surface area contributed by atoms with E-state index in [1.54, 1.807) is 12.1 Å². The molecule has 0 aliphatic rings. The third-order valence-corrected chi connectivity index (χ3v) is 5.27. The first-order chi connectivity index (χ1) is 11.2. The van der Waals surface area contributed by atoms with Crippen LogP contribution in [-0.4, -0.2) is 33.4 Å². The molecule has 1 N–H and O–H groups in total. The number of hydrogen-bond donors (Lipinski definition) is 1. The Bertz CT molecular complexity index is 765. The zero-order valence-corrected chi connectivity index (χ0v) is 15.4. The van der Waals surface area contributed by atoms with E-state index in [4.69, 9.17) is 0 Å². The van der Waals surface area contributed by atoms with E-state index in [9.17, 15) is 13.5 Å². The second-order valence-electron chi connectivity index (χ2n) is 6.48. The lowest BCUT2D eigenvalue weighted by Crippen LogP contribution is -2.24. The van der Waals surface area contributed by atoms with E-state index in [0.717, 1.165) is 5.69 Å². The van der Waals surface area contributed by atoms with Gasteiger partial charge in [0.1, 0.15) is 0 Å². The average Bonchev–Trinajstić information content (AvgIpc) is 2.54. The largest absolute Gasteiger partial charge is 0.387 e. The molecule has 5 heteroatoms.